The van der Waals surface area contributed by atoms with Gasteiger partial charge in [0, 0.05) is 69.1 Å². The molecule has 0 aliphatic carbocycles. The Morgan fingerprint density at radius 1 is 0.371 bits per heavy atom. The summed E-state index contributed by atoms with van der Waals surface area (Å²) in [5.41, 5.74) is 8.73. The first-order chi connectivity index (χ1) is 34.7. The molecule has 0 saturated heterocycles. The first-order valence-electron chi connectivity index (χ1n) is 23.6. The Morgan fingerprint density at radius 2 is 1.03 bits per heavy atom. The largest absolute Gasteiger partial charge is 0.455 e. The van der Waals surface area contributed by atoms with Gasteiger partial charge in [-0.05, 0) is 99.7 Å². The third kappa shape index (κ3) is 5.35. The van der Waals surface area contributed by atoms with Gasteiger partial charge in [0.05, 0.1) is 27.6 Å². The number of benzene rings is 11. The maximum atomic E-state index is 7.02. The number of aromatic nitrogens is 5. The second-order valence-corrected chi connectivity index (χ2v) is 19.4. The molecule has 0 saturated carbocycles. The van der Waals surface area contributed by atoms with Crippen LogP contribution in [0.2, 0.25) is 0 Å². The molecule has 6 nitrogen and oxygen atoms in total. The smallest absolute Gasteiger partial charge is 0.238 e. The summed E-state index contributed by atoms with van der Waals surface area (Å²) in [4.78, 5) is 16.3. The summed E-state index contributed by atoms with van der Waals surface area (Å²) < 4.78 is 14.1. The lowest BCUT2D eigenvalue weighted by Gasteiger charge is -2.14. The molecule has 0 aliphatic rings. The average molecular weight is 910 g/mol. The zero-order valence-corrected chi connectivity index (χ0v) is 38.1. The average Bonchev–Trinajstić information content (AvgIpc) is 4.18. The van der Waals surface area contributed by atoms with Crippen LogP contribution in [0.3, 0.4) is 0 Å². The van der Waals surface area contributed by atoms with Gasteiger partial charge >= 0.3 is 0 Å². The van der Waals surface area contributed by atoms with Crippen LogP contribution >= 0.6 is 11.3 Å². The number of hydrogen-bond donors (Lipinski definition) is 0. The van der Waals surface area contributed by atoms with Gasteiger partial charge in [-0.3, -0.25) is 4.57 Å². The molecule has 0 aliphatic heterocycles. The lowest BCUT2D eigenvalue weighted by molar-refractivity contribution is 0.669. The number of furan rings is 1. The van der Waals surface area contributed by atoms with Crippen molar-refractivity contribution in [1.29, 1.82) is 0 Å². The van der Waals surface area contributed by atoms with E-state index in [1.807, 2.05) is 6.07 Å². The predicted octanol–water partition coefficient (Wildman–Crippen LogP) is 17.1. The van der Waals surface area contributed by atoms with E-state index in [4.69, 9.17) is 19.4 Å². The minimum Gasteiger partial charge on any atom is -0.455 e. The van der Waals surface area contributed by atoms with Crippen LogP contribution in [0.4, 0.5) is 0 Å². The summed E-state index contributed by atoms with van der Waals surface area (Å²) >= 11 is 1.80. The van der Waals surface area contributed by atoms with E-state index in [1.165, 1.54) is 63.5 Å². The maximum absolute atomic E-state index is 7.02. The molecular formula is C63H35N5OS. The van der Waals surface area contributed by atoms with Crippen LogP contribution in [0.1, 0.15) is 0 Å². The van der Waals surface area contributed by atoms with Gasteiger partial charge in [0.15, 0.2) is 11.6 Å². The Hall–Kier alpha value is -9.17. The summed E-state index contributed by atoms with van der Waals surface area (Å²) in [6.07, 6.45) is 0. The third-order valence-electron chi connectivity index (χ3n) is 14.5. The van der Waals surface area contributed by atoms with Gasteiger partial charge in [-0.15, -0.1) is 11.3 Å². The summed E-state index contributed by atoms with van der Waals surface area (Å²) in [5.74, 6) is 1.66. The molecule has 11 aromatic carbocycles. The van der Waals surface area contributed by atoms with Crippen LogP contribution < -0.4 is 0 Å². The van der Waals surface area contributed by atoms with Crippen molar-refractivity contribution in [3.63, 3.8) is 0 Å². The van der Waals surface area contributed by atoms with Gasteiger partial charge in [0.25, 0.3) is 0 Å². The lowest BCUT2D eigenvalue weighted by atomic mass is 9.99. The fourth-order valence-corrected chi connectivity index (χ4v) is 12.5. The molecule has 324 valence electrons. The van der Waals surface area contributed by atoms with Crippen molar-refractivity contribution in [2.24, 2.45) is 0 Å². The topological polar surface area (TPSA) is 61.7 Å². The van der Waals surface area contributed by atoms with Crippen LogP contribution in [0.25, 0.3) is 152 Å². The normalized spacial score (nSPS) is 12.3. The van der Waals surface area contributed by atoms with E-state index in [1.54, 1.807) is 11.3 Å². The van der Waals surface area contributed by atoms with Crippen molar-refractivity contribution < 1.29 is 4.42 Å². The Morgan fingerprint density at radius 3 is 1.86 bits per heavy atom. The molecule has 0 spiro atoms. The maximum Gasteiger partial charge on any atom is 0.238 e. The van der Waals surface area contributed by atoms with Crippen molar-refractivity contribution in [3.8, 4) is 34.4 Å². The van der Waals surface area contributed by atoms with Crippen molar-refractivity contribution in [1.82, 2.24) is 24.1 Å². The predicted molar refractivity (Wildman–Crippen MR) is 292 cm³/mol. The van der Waals surface area contributed by atoms with Crippen molar-refractivity contribution in [2.45, 2.75) is 0 Å². The highest BCUT2D eigenvalue weighted by Gasteiger charge is 2.24. The molecule has 70 heavy (non-hydrogen) atoms. The third-order valence-corrected chi connectivity index (χ3v) is 15.7. The second-order valence-electron chi connectivity index (χ2n) is 18.3. The van der Waals surface area contributed by atoms with Crippen LogP contribution in [-0.2, 0) is 0 Å². The summed E-state index contributed by atoms with van der Waals surface area (Å²) in [6.45, 7) is 0. The zero-order chi connectivity index (χ0) is 45.6. The molecule has 7 heteroatoms. The highest BCUT2D eigenvalue weighted by Crippen LogP contribution is 2.44. The Bertz CT molecular complexity index is 4860. The van der Waals surface area contributed by atoms with Crippen molar-refractivity contribution in [2.75, 3.05) is 0 Å². The quantitative estimate of drug-likeness (QED) is 0.176. The van der Waals surface area contributed by atoms with Crippen LogP contribution in [-0.4, -0.2) is 24.1 Å². The Kier molecular flexibility index (Phi) is 7.67. The van der Waals surface area contributed by atoms with Crippen molar-refractivity contribution >= 4 is 129 Å². The standard InChI is InChI=1S/C63H35N5OS/c1-2-15-38-34-54-49(31-37(38)14-1)46-29-26-36-13-3-4-16-42(36)59(46)67(54)41-28-25-39-32-51(60-58(48(39)35-41)47-20-7-11-23-55(47)69-60)62-64-61(40-27-30-57-50(33-40)45-19-8-12-24-56(45)70-57)65-63(66-62)68-52-21-9-5-17-43(52)44-18-6-10-22-53(44)68/h1-35H. The first kappa shape index (κ1) is 37.9. The number of thiophene rings is 1. The molecule has 0 unspecified atom stereocenters. The molecule has 0 atom stereocenters. The van der Waals surface area contributed by atoms with Crippen LogP contribution in [0, 0.1) is 0 Å². The fourth-order valence-electron chi connectivity index (χ4n) is 11.4. The molecule has 0 bridgehead atoms. The molecule has 16 rings (SSSR count). The van der Waals surface area contributed by atoms with Gasteiger partial charge < -0.3 is 8.98 Å². The molecule has 0 N–H and O–H groups in total. The summed E-state index contributed by atoms with van der Waals surface area (Å²) in [5, 5.41) is 16.2. The molecule has 16 aromatic rings. The number of hydrogen-bond acceptors (Lipinski definition) is 5. The highest BCUT2D eigenvalue weighted by molar-refractivity contribution is 7.25. The van der Waals surface area contributed by atoms with Crippen molar-refractivity contribution in [3.05, 3.63) is 212 Å². The lowest BCUT2D eigenvalue weighted by Crippen LogP contribution is -2.06. The molecule has 0 radical (unpaired) electrons. The van der Waals surface area contributed by atoms with Gasteiger partial charge in [0.2, 0.25) is 5.95 Å². The Labute approximate surface area is 402 Å². The van der Waals surface area contributed by atoms with E-state index >= 15 is 0 Å². The zero-order valence-electron chi connectivity index (χ0n) is 37.3. The van der Waals surface area contributed by atoms with Crippen LogP contribution in [0.5, 0.6) is 0 Å². The first-order valence-corrected chi connectivity index (χ1v) is 24.4. The summed E-state index contributed by atoms with van der Waals surface area (Å²) in [6, 6.07) is 76.2. The summed E-state index contributed by atoms with van der Waals surface area (Å²) in [7, 11) is 0. The second kappa shape index (κ2) is 14.2. The van der Waals surface area contributed by atoms with Gasteiger partial charge in [-0.1, -0.05) is 140 Å². The number of para-hydroxylation sites is 3. The molecule has 0 fully saturated rings. The van der Waals surface area contributed by atoms with E-state index in [0.29, 0.717) is 17.6 Å². The molecule has 5 heterocycles. The van der Waals surface area contributed by atoms with E-state index in [9.17, 15) is 0 Å². The minimum absolute atomic E-state index is 0.535. The minimum atomic E-state index is 0.535. The number of rotatable bonds is 4. The Balaban J connectivity index is 0.987. The van der Waals surface area contributed by atoms with E-state index in [0.717, 1.165) is 71.3 Å². The van der Waals surface area contributed by atoms with E-state index < -0.39 is 0 Å². The highest BCUT2D eigenvalue weighted by atomic mass is 32.1. The molecule has 0 amide bonds. The monoisotopic (exact) mass is 909 g/mol. The van der Waals surface area contributed by atoms with Gasteiger partial charge in [0.1, 0.15) is 11.2 Å². The number of nitrogens with zero attached hydrogens (tertiary/aromatic N) is 5. The van der Waals surface area contributed by atoms with E-state index in [-0.39, 0.29) is 0 Å². The van der Waals surface area contributed by atoms with E-state index in [2.05, 4.69) is 215 Å². The number of fused-ring (bicyclic) bond motifs is 17. The fraction of sp³-hybridized carbons (Fsp3) is 0. The SMILES string of the molecule is c1ccc2cc3c(cc2c1)c1ccc2ccccc2c1n3-c1ccc2cc(-c3nc(-c4ccc5sc6ccccc6c5c4)nc(-n4c5ccccc5c5ccccc54)n3)c3oc4ccccc4c3c2c1. The van der Waals surface area contributed by atoms with Gasteiger partial charge in [-0.2, -0.15) is 9.97 Å². The molecular weight excluding hydrogens is 875 g/mol. The molecule has 5 aromatic heterocycles. The van der Waals surface area contributed by atoms with Crippen LogP contribution in [0.15, 0.2) is 217 Å². The van der Waals surface area contributed by atoms with Gasteiger partial charge in [-0.25, -0.2) is 4.98 Å².